The number of non-ortho nitro benzene ring substituents is 1. The predicted molar refractivity (Wildman–Crippen MR) is 119 cm³/mol. The number of hydrogen-bond donors (Lipinski definition) is 1. The summed E-state index contributed by atoms with van der Waals surface area (Å²) in [6.07, 6.45) is 0.604. The number of rotatable bonds is 7. The number of anilines is 1. The highest BCUT2D eigenvalue weighted by molar-refractivity contribution is 7.12. The van der Waals surface area contributed by atoms with Gasteiger partial charge in [0.15, 0.2) is 6.10 Å². The van der Waals surface area contributed by atoms with Gasteiger partial charge in [0.2, 0.25) is 0 Å². The molecule has 0 saturated heterocycles. The third-order valence-electron chi connectivity index (χ3n) is 3.91. The molecule has 10 heteroatoms. The summed E-state index contributed by atoms with van der Waals surface area (Å²) in [5.41, 5.74) is 0.333. The highest BCUT2D eigenvalue weighted by Crippen LogP contribution is 2.28. The molecule has 3 rings (SSSR count). The van der Waals surface area contributed by atoms with Crippen molar-refractivity contribution in [3.63, 3.8) is 0 Å². The Morgan fingerprint density at radius 1 is 1.20 bits per heavy atom. The Balaban J connectivity index is 1.72. The number of nitrogens with one attached hydrogen (secondary N) is 1. The molecule has 1 unspecified atom stereocenters. The molecule has 2 aromatic heterocycles. The SMILES string of the molecule is CC(OC(=O)C(=Cc1cccs1)c1cccs1)C(=O)Nc1ccc([N+](=O)[O-])cc1Cl. The molecule has 0 aliphatic carbocycles. The maximum absolute atomic E-state index is 12.8. The van der Waals surface area contributed by atoms with E-state index in [9.17, 15) is 19.7 Å². The maximum Gasteiger partial charge on any atom is 0.340 e. The molecule has 30 heavy (non-hydrogen) atoms. The van der Waals surface area contributed by atoms with E-state index in [1.54, 1.807) is 12.1 Å². The molecule has 1 atom stereocenters. The van der Waals surface area contributed by atoms with Crippen molar-refractivity contribution >= 4 is 69.2 Å². The molecule has 0 aliphatic heterocycles. The van der Waals surface area contributed by atoms with E-state index >= 15 is 0 Å². The Kier molecular flexibility index (Phi) is 6.99. The van der Waals surface area contributed by atoms with Crippen molar-refractivity contribution in [2.24, 2.45) is 0 Å². The monoisotopic (exact) mass is 462 g/mol. The summed E-state index contributed by atoms with van der Waals surface area (Å²) in [4.78, 5) is 37.0. The lowest BCUT2D eigenvalue weighted by molar-refractivity contribution is -0.384. The van der Waals surface area contributed by atoms with Gasteiger partial charge in [0.1, 0.15) is 0 Å². The molecule has 1 amide bonds. The number of carbonyl (C=O) groups is 2. The van der Waals surface area contributed by atoms with Crippen LogP contribution in [0.5, 0.6) is 0 Å². The summed E-state index contributed by atoms with van der Waals surface area (Å²) in [5.74, 6) is -1.25. The largest absolute Gasteiger partial charge is 0.449 e. The standard InChI is InChI=1S/C20H15ClN2O5S2/c1-12(19(24)22-17-7-6-13(23(26)27)10-16(17)21)28-20(25)15(18-5-3-9-30-18)11-14-4-2-8-29-14/h2-12H,1H3,(H,22,24). The van der Waals surface area contributed by atoms with Crippen LogP contribution >= 0.6 is 34.3 Å². The lowest BCUT2D eigenvalue weighted by atomic mass is 10.2. The van der Waals surface area contributed by atoms with Gasteiger partial charge in [-0.1, -0.05) is 23.7 Å². The Morgan fingerprint density at radius 2 is 1.93 bits per heavy atom. The molecule has 0 radical (unpaired) electrons. The fourth-order valence-electron chi connectivity index (χ4n) is 2.41. The van der Waals surface area contributed by atoms with Crippen molar-refractivity contribution in [2.45, 2.75) is 13.0 Å². The average Bonchev–Trinajstić information content (AvgIpc) is 3.41. The van der Waals surface area contributed by atoms with Gasteiger partial charge in [-0.3, -0.25) is 14.9 Å². The molecule has 0 saturated carbocycles. The quantitative estimate of drug-likeness (QED) is 0.217. The van der Waals surface area contributed by atoms with E-state index in [1.165, 1.54) is 41.7 Å². The number of hydrogen-bond acceptors (Lipinski definition) is 7. The molecule has 1 N–H and O–H groups in total. The van der Waals surface area contributed by atoms with E-state index in [0.717, 1.165) is 15.8 Å². The highest BCUT2D eigenvalue weighted by Gasteiger charge is 2.23. The van der Waals surface area contributed by atoms with Crippen LogP contribution in [0.2, 0.25) is 5.02 Å². The number of nitrogens with zero attached hydrogens (tertiary/aromatic N) is 1. The summed E-state index contributed by atoms with van der Waals surface area (Å²) in [5, 5.41) is 17.1. The Hall–Kier alpha value is -3.01. The van der Waals surface area contributed by atoms with Crippen molar-refractivity contribution in [1.29, 1.82) is 0 Å². The number of halogens is 1. The van der Waals surface area contributed by atoms with Crippen LogP contribution in [0.4, 0.5) is 11.4 Å². The lowest BCUT2D eigenvalue weighted by Crippen LogP contribution is -2.30. The lowest BCUT2D eigenvalue weighted by Gasteiger charge is -2.15. The Bertz CT molecular complexity index is 1090. The minimum absolute atomic E-state index is 0.00735. The van der Waals surface area contributed by atoms with Crippen molar-refractivity contribution in [1.82, 2.24) is 0 Å². The van der Waals surface area contributed by atoms with Gasteiger partial charge in [-0.2, -0.15) is 0 Å². The molecule has 7 nitrogen and oxygen atoms in total. The zero-order chi connectivity index (χ0) is 21.7. The molecule has 0 aliphatic rings. The topological polar surface area (TPSA) is 98.5 Å². The molecular formula is C20H15ClN2O5S2. The van der Waals surface area contributed by atoms with Crippen molar-refractivity contribution in [3.8, 4) is 0 Å². The van der Waals surface area contributed by atoms with E-state index in [4.69, 9.17) is 16.3 Å². The van der Waals surface area contributed by atoms with Gasteiger partial charge < -0.3 is 10.1 Å². The van der Waals surface area contributed by atoms with E-state index in [2.05, 4.69) is 5.32 Å². The number of thiophene rings is 2. The average molecular weight is 463 g/mol. The first kappa shape index (κ1) is 21.7. The molecule has 2 heterocycles. The maximum atomic E-state index is 12.8. The number of nitro benzene ring substituents is 1. The minimum Gasteiger partial charge on any atom is -0.449 e. The zero-order valence-corrected chi connectivity index (χ0v) is 17.9. The van der Waals surface area contributed by atoms with Crippen LogP contribution < -0.4 is 5.32 Å². The number of benzene rings is 1. The Labute approximate surface area is 184 Å². The van der Waals surface area contributed by atoms with Gasteiger partial charge in [0.25, 0.3) is 11.6 Å². The van der Waals surface area contributed by atoms with Gasteiger partial charge in [0.05, 0.1) is 21.2 Å². The van der Waals surface area contributed by atoms with Crippen molar-refractivity contribution in [2.75, 3.05) is 5.32 Å². The van der Waals surface area contributed by atoms with Crippen LogP contribution in [0.15, 0.2) is 53.2 Å². The van der Waals surface area contributed by atoms with Gasteiger partial charge in [-0.05, 0) is 42.0 Å². The first-order valence-corrected chi connectivity index (χ1v) is 10.7. The minimum atomic E-state index is -1.12. The van der Waals surface area contributed by atoms with E-state index in [1.807, 2.05) is 29.0 Å². The van der Waals surface area contributed by atoms with Crippen LogP contribution in [-0.4, -0.2) is 22.9 Å². The summed E-state index contributed by atoms with van der Waals surface area (Å²) < 4.78 is 5.36. The molecular weight excluding hydrogens is 448 g/mol. The second-order valence-corrected chi connectivity index (χ2v) is 8.34. The number of nitro groups is 1. The zero-order valence-electron chi connectivity index (χ0n) is 15.5. The smallest absolute Gasteiger partial charge is 0.340 e. The molecule has 3 aromatic rings. The first-order valence-electron chi connectivity index (χ1n) is 8.60. The second kappa shape index (κ2) is 9.66. The molecule has 0 bridgehead atoms. The summed E-state index contributed by atoms with van der Waals surface area (Å²) in [6, 6.07) is 11.0. The van der Waals surface area contributed by atoms with Crippen LogP contribution in [0, 0.1) is 10.1 Å². The normalized spacial score (nSPS) is 12.3. The number of ether oxygens (including phenoxy) is 1. The number of amides is 1. The van der Waals surface area contributed by atoms with Gasteiger partial charge >= 0.3 is 5.97 Å². The van der Waals surface area contributed by atoms with E-state index in [0.29, 0.717) is 5.57 Å². The Morgan fingerprint density at radius 3 is 2.53 bits per heavy atom. The molecule has 1 aromatic carbocycles. The van der Waals surface area contributed by atoms with Crippen LogP contribution in [-0.2, 0) is 14.3 Å². The highest BCUT2D eigenvalue weighted by atomic mass is 35.5. The van der Waals surface area contributed by atoms with Crippen LogP contribution in [0.3, 0.4) is 0 Å². The van der Waals surface area contributed by atoms with E-state index in [-0.39, 0.29) is 16.4 Å². The summed E-state index contributed by atoms with van der Waals surface area (Å²) in [6.45, 7) is 1.43. The first-order chi connectivity index (χ1) is 14.3. The van der Waals surface area contributed by atoms with Gasteiger partial charge in [-0.15, -0.1) is 22.7 Å². The fraction of sp³-hybridized carbons (Fsp3) is 0.100. The molecule has 154 valence electrons. The second-order valence-electron chi connectivity index (χ2n) is 6.01. The molecule has 0 fully saturated rings. The third kappa shape index (κ3) is 5.32. The summed E-state index contributed by atoms with van der Waals surface area (Å²) in [7, 11) is 0. The van der Waals surface area contributed by atoms with Gasteiger partial charge in [-0.25, -0.2) is 4.79 Å². The van der Waals surface area contributed by atoms with Gasteiger partial charge in [0, 0.05) is 21.9 Å². The fourth-order valence-corrected chi connectivity index (χ4v) is 4.02. The van der Waals surface area contributed by atoms with Crippen LogP contribution in [0.25, 0.3) is 11.6 Å². The predicted octanol–water partition coefficient (Wildman–Crippen LogP) is 5.48. The number of carbonyl (C=O) groups excluding carboxylic acids is 2. The van der Waals surface area contributed by atoms with Crippen LogP contribution in [0.1, 0.15) is 16.7 Å². The summed E-state index contributed by atoms with van der Waals surface area (Å²) >= 11 is 8.86. The third-order valence-corrected chi connectivity index (χ3v) is 5.95. The molecule has 0 spiro atoms. The van der Waals surface area contributed by atoms with Crippen molar-refractivity contribution in [3.05, 3.63) is 78.1 Å². The van der Waals surface area contributed by atoms with E-state index < -0.39 is 22.9 Å². The number of esters is 1. The van der Waals surface area contributed by atoms with Crippen molar-refractivity contribution < 1.29 is 19.2 Å².